The number of aryl methyl sites for hydroxylation is 1. The Bertz CT molecular complexity index is 1320. The highest BCUT2D eigenvalue weighted by molar-refractivity contribution is 7.99. The number of carbonyl (C=O) groups excluding carboxylic acids is 2. The van der Waals surface area contributed by atoms with Crippen LogP contribution in [0.5, 0.6) is 0 Å². The summed E-state index contributed by atoms with van der Waals surface area (Å²) in [7, 11) is 0. The van der Waals surface area contributed by atoms with Gasteiger partial charge in [0.15, 0.2) is 5.16 Å². The number of hydrogen-bond donors (Lipinski definition) is 4. The molecule has 1 aliphatic heterocycles. The molecule has 0 spiro atoms. The monoisotopic (exact) mass is 532 g/mol. The number of anilines is 4. The van der Waals surface area contributed by atoms with Crippen LogP contribution in [-0.4, -0.2) is 51.4 Å². The number of urea groups is 1. The van der Waals surface area contributed by atoms with Crippen molar-refractivity contribution in [1.29, 1.82) is 0 Å². The second-order valence-corrected chi connectivity index (χ2v) is 9.94. The number of benzene rings is 1. The van der Waals surface area contributed by atoms with E-state index in [1.54, 1.807) is 29.6 Å². The van der Waals surface area contributed by atoms with E-state index >= 15 is 0 Å². The van der Waals surface area contributed by atoms with E-state index in [4.69, 9.17) is 0 Å². The van der Waals surface area contributed by atoms with Crippen LogP contribution < -0.4 is 20.9 Å². The first-order valence-electron chi connectivity index (χ1n) is 11.5. The predicted molar refractivity (Wildman–Crippen MR) is 131 cm³/mol. The van der Waals surface area contributed by atoms with Gasteiger partial charge in [-0.25, -0.2) is 14.8 Å². The second kappa shape index (κ2) is 9.57. The van der Waals surface area contributed by atoms with Gasteiger partial charge in [-0.15, -0.1) is 0 Å². The summed E-state index contributed by atoms with van der Waals surface area (Å²) >= 11 is 1.31. The lowest BCUT2D eigenvalue weighted by Gasteiger charge is -2.32. The number of halogens is 3. The third kappa shape index (κ3) is 5.48. The molecule has 0 atom stereocenters. The van der Waals surface area contributed by atoms with E-state index in [9.17, 15) is 22.8 Å². The van der Waals surface area contributed by atoms with Crippen molar-refractivity contribution in [3.05, 3.63) is 42.1 Å². The lowest BCUT2D eigenvalue weighted by Crippen LogP contribution is -2.45. The molecule has 2 aliphatic rings. The molecule has 10 nitrogen and oxygen atoms in total. The smallest absolute Gasteiger partial charge is 0.356 e. The van der Waals surface area contributed by atoms with Gasteiger partial charge in [0.2, 0.25) is 5.91 Å². The number of aromatic amines is 1. The van der Waals surface area contributed by atoms with Crippen molar-refractivity contribution < 1.29 is 22.8 Å². The Labute approximate surface area is 213 Å². The Hall–Kier alpha value is -3.81. The molecule has 1 aliphatic carbocycles. The summed E-state index contributed by atoms with van der Waals surface area (Å²) in [5, 5.41) is 14.9. The number of alkyl halides is 3. The highest BCUT2D eigenvalue weighted by Gasteiger charge is 2.68. The summed E-state index contributed by atoms with van der Waals surface area (Å²) < 4.78 is 39.2. The lowest BCUT2D eigenvalue weighted by molar-refractivity contribution is -0.191. The molecule has 3 amide bonds. The van der Waals surface area contributed by atoms with Crippen LogP contribution in [0.3, 0.4) is 0 Å². The van der Waals surface area contributed by atoms with Crippen LogP contribution in [0.4, 0.5) is 41.1 Å². The molecule has 3 heterocycles. The number of imide groups is 1. The van der Waals surface area contributed by atoms with Gasteiger partial charge in [-0.1, -0.05) is 0 Å². The van der Waals surface area contributed by atoms with E-state index in [1.807, 2.05) is 19.1 Å². The fraction of sp³-hybridized carbons (Fsp3) is 0.348. The van der Waals surface area contributed by atoms with Gasteiger partial charge in [0.25, 0.3) is 0 Å². The fourth-order valence-corrected chi connectivity index (χ4v) is 4.48. The quantitative estimate of drug-likeness (QED) is 0.325. The van der Waals surface area contributed by atoms with Gasteiger partial charge < -0.3 is 15.5 Å². The highest BCUT2D eigenvalue weighted by atomic mass is 32.2. The zero-order valence-corrected chi connectivity index (χ0v) is 20.5. The number of hydrogen-bond acceptors (Lipinski definition) is 8. The normalized spacial score (nSPS) is 16.1. The summed E-state index contributed by atoms with van der Waals surface area (Å²) in [6.45, 7) is 3.71. The highest BCUT2D eigenvalue weighted by Crippen LogP contribution is 2.57. The third-order valence-corrected chi connectivity index (χ3v) is 6.99. The second-order valence-electron chi connectivity index (χ2n) is 8.90. The van der Waals surface area contributed by atoms with Crippen LogP contribution in [0.15, 0.2) is 46.5 Å². The van der Waals surface area contributed by atoms with Gasteiger partial charge in [0.05, 0.1) is 5.69 Å². The third-order valence-electron chi connectivity index (χ3n) is 6.12. The van der Waals surface area contributed by atoms with Crippen molar-refractivity contribution in [2.45, 2.75) is 42.4 Å². The number of H-pyrrole nitrogens is 1. The van der Waals surface area contributed by atoms with Crippen LogP contribution in [-0.2, 0) is 4.79 Å². The van der Waals surface area contributed by atoms with Crippen molar-refractivity contribution >= 4 is 46.8 Å². The van der Waals surface area contributed by atoms with E-state index in [0.717, 1.165) is 35.9 Å². The summed E-state index contributed by atoms with van der Waals surface area (Å²) in [5.41, 5.74) is -1.30. The van der Waals surface area contributed by atoms with Gasteiger partial charge in [0, 0.05) is 35.8 Å². The Balaban J connectivity index is 1.23. The molecule has 4 N–H and O–H groups in total. The molecule has 1 aromatic carbocycles. The van der Waals surface area contributed by atoms with Crippen molar-refractivity contribution in [3.63, 3.8) is 0 Å². The maximum absolute atomic E-state index is 13.1. The minimum absolute atomic E-state index is 0.318. The molecule has 2 aromatic heterocycles. The first kappa shape index (κ1) is 24.9. The van der Waals surface area contributed by atoms with Gasteiger partial charge >= 0.3 is 12.2 Å². The molecule has 0 bridgehead atoms. The Morgan fingerprint density at radius 1 is 1.11 bits per heavy atom. The summed E-state index contributed by atoms with van der Waals surface area (Å²) in [5.74, 6) is 0.778. The Kier molecular flexibility index (Phi) is 6.43. The molecule has 5 rings (SSSR count). The van der Waals surface area contributed by atoms with Gasteiger partial charge in [-0.2, -0.15) is 18.3 Å². The minimum Gasteiger partial charge on any atom is -0.356 e. The average molecular weight is 533 g/mol. The molecule has 1 saturated carbocycles. The number of carbonyl (C=O) groups is 2. The van der Waals surface area contributed by atoms with E-state index < -0.39 is 23.5 Å². The van der Waals surface area contributed by atoms with E-state index in [2.05, 4.69) is 35.7 Å². The molecule has 14 heteroatoms. The minimum atomic E-state index is -4.68. The van der Waals surface area contributed by atoms with Gasteiger partial charge in [0.1, 0.15) is 22.9 Å². The van der Waals surface area contributed by atoms with Crippen LogP contribution in [0.2, 0.25) is 0 Å². The van der Waals surface area contributed by atoms with Gasteiger partial charge in [-0.05, 0) is 62.2 Å². The lowest BCUT2D eigenvalue weighted by atomic mass is 10.1. The standard InChI is InChI=1S/C23H23F3N8O2S/c1-13-11-17(33-32-13)28-16-12-18(34-9-2-10-34)30-21(29-16)37-15-5-3-14(4-6-15)27-20(36)31-19(35)22(7-8-22)23(24,25)26/h3-6,11-12H,2,7-10H2,1H3,(H2,27,31,35,36)(H2,28,29,30,32,33). The van der Waals surface area contributed by atoms with Crippen LogP contribution in [0.25, 0.3) is 0 Å². The number of nitrogens with one attached hydrogen (secondary N) is 4. The van der Waals surface area contributed by atoms with E-state index in [0.29, 0.717) is 22.5 Å². The summed E-state index contributed by atoms with van der Waals surface area (Å²) in [6.07, 6.45) is -4.22. The summed E-state index contributed by atoms with van der Waals surface area (Å²) in [6, 6.07) is 9.30. The predicted octanol–water partition coefficient (Wildman–Crippen LogP) is 4.60. The molecular formula is C23H23F3N8O2S. The number of aromatic nitrogens is 4. The number of rotatable bonds is 7. The van der Waals surface area contributed by atoms with E-state index in [-0.39, 0.29) is 12.8 Å². The zero-order chi connectivity index (χ0) is 26.2. The van der Waals surface area contributed by atoms with E-state index in [1.165, 1.54) is 11.8 Å². The van der Waals surface area contributed by atoms with Crippen LogP contribution in [0, 0.1) is 12.3 Å². The molecule has 3 aromatic rings. The fourth-order valence-electron chi connectivity index (χ4n) is 3.71. The SMILES string of the molecule is Cc1cc(Nc2cc(N3CCC3)nc(Sc3ccc(NC(=O)NC(=O)C4(C(F)(F)F)CC4)cc3)n2)[nH]n1. The van der Waals surface area contributed by atoms with Crippen LogP contribution in [0.1, 0.15) is 25.0 Å². The molecule has 0 unspecified atom stereocenters. The first-order valence-corrected chi connectivity index (χ1v) is 12.3. The Morgan fingerprint density at radius 2 is 1.84 bits per heavy atom. The van der Waals surface area contributed by atoms with Crippen molar-refractivity contribution in [3.8, 4) is 0 Å². The molecule has 1 saturated heterocycles. The number of nitrogens with zero attached hydrogens (tertiary/aromatic N) is 4. The molecule has 2 fully saturated rings. The summed E-state index contributed by atoms with van der Waals surface area (Å²) in [4.78, 5) is 36.2. The maximum atomic E-state index is 13.1. The molecular weight excluding hydrogens is 509 g/mol. The van der Waals surface area contributed by atoms with Crippen molar-refractivity contribution in [2.75, 3.05) is 28.6 Å². The zero-order valence-electron chi connectivity index (χ0n) is 19.6. The molecule has 0 radical (unpaired) electrons. The first-order chi connectivity index (χ1) is 17.6. The van der Waals surface area contributed by atoms with Gasteiger partial charge in [-0.3, -0.25) is 15.2 Å². The topological polar surface area (TPSA) is 128 Å². The average Bonchev–Trinajstić information content (AvgIpc) is 3.52. The van der Waals surface area contributed by atoms with Crippen molar-refractivity contribution in [2.24, 2.45) is 5.41 Å². The molecule has 37 heavy (non-hydrogen) atoms. The van der Waals surface area contributed by atoms with Crippen molar-refractivity contribution in [1.82, 2.24) is 25.5 Å². The molecule has 194 valence electrons. The Morgan fingerprint density at radius 3 is 2.41 bits per heavy atom. The van der Waals surface area contributed by atoms with Crippen LogP contribution >= 0.6 is 11.8 Å². The largest absolute Gasteiger partial charge is 0.403 e. The maximum Gasteiger partial charge on any atom is 0.403 e. The number of amides is 3.